The van der Waals surface area contributed by atoms with Crippen LogP contribution in [-0.2, 0) is 6.42 Å². The molecule has 0 aliphatic carbocycles. The number of hydrogen-bond acceptors (Lipinski definition) is 5. The van der Waals surface area contributed by atoms with Gasteiger partial charge >= 0.3 is 0 Å². The Bertz CT molecular complexity index is 1000. The van der Waals surface area contributed by atoms with E-state index in [-0.39, 0.29) is 5.91 Å². The summed E-state index contributed by atoms with van der Waals surface area (Å²) < 4.78 is 11.1. The second kappa shape index (κ2) is 8.00. The van der Waals surface area contributed by atoms with Crippen LogP contribution in [0.25, 0.3) is 0 Å². The molecule has 0 radical (unpaired) electrons. The second-order valence-electron chi connectivity index (χ2n) is 6.38. The minimum atomic E-state index is -0.173. The SMILES string of the molecule is CCc1ccccc1NC(=O)c1ccnc(Nc2ccc3c(c2)OCCO3)c1. The van der Waals surface area contributed by atoms with Gasteiger partial charge in [0.2, 0.25) is 0 Å². The van der Waals surface area contributed by atoms with Gasteiger partial charge < -0.3 is 20.1 Å². The van der Waals surface area contributed by atoms with Gasteiger partial charge in [0.1, 0.15) is 19.0 Å². The van der Waals surface area contributed by atoms with Crippen LogP contribution in [-0.4, -0.2) is 24.1 Å². The number of rotatable bonds is 5. The fourth-order valence-electron chi connectivity index (χ4n) is 3.05. The van der Waals surface area contributed by atoms with Crippen molar-refractivity contribution in [2.75, 3.05) is 23.8 Å². The fourth-order valence-corrected chi connectivity index (χ4v) is 3.05. The van der Waals surface area contributed by atoms with Gasteiger partial charge in [0.15, 0.2) is 11.5 Å². The Morgan fingerprint density at radius 3 is 2.71 bits per heavy atom. The quantitative estimate of drug-likeness (QED) is 0.691. The molecule has 0 bridgehead atoms. The van der Waals surface area contributed by atoms with Gasteiger partial charge in [-0.2, -0.15) is 0 Å². The van der Waals surface area contributed by atoms with Crippen molar-refractivity contribution >= 4 is 23.1 Å². The monoisotopic (exact) mass is 375 g/mol. The summed E-state index contributed by atoms with van der Waals surface area (Å²) in [6.45, 7) is 3.15. The molecule has 0 atom stereocenters. The highest BCUT2D eigenvalue weighted by molar-refractivity contribution is 6.05. The van der Waals surface area contributed by atoms with E-state index in [0.29, 0.717) is 30.3 Å². The second-order valence-corrected chi connectivity index (χ2v) is 6.38. The van der Waals surface area contributed by atoms with Gasteiger partial charge in [0, 0.05) is 29.2 Å². The number of pyridine rings is 1. The molecule has 0 fully saturated rings. The lowest BCUT2D eigenvalue weighted by Crippen LogP contribution is -2.15. The Hall–Kier alpha value is -3.54. The molecule has 2 heterocycles. The molecule has 3 aromatic rings. The van der Waals surface area contributed by atoms with Crippen molar-refractivity contribution in [1.82, 2.24) is 4.98 Å². The molecule has 0 saturated heterocycles. The van der Waals surface area contributed by atoms with E-state index in [1.165, 1.54) is 0 Å². The molecule has 0 unspecified atom stereocenters. The molecule has 6 nitrogen and oxygen atoms in total. The standard InChI is InChI=1S/C22H21N3O3/c1-2-15-5-3-4-6-18(15)25-22(26)16-9-10-23-21(13-16)24-17-7-8-19-20(14-17)28-12-11-27-19/h3-10,13-14H,2,11-12H2,1H3,(H,23,24)(H,25,26). The van der Waals surface area contributed by atoms with Crippen molar-refractivity contribution in [2.24, 2.45) is 0 Å². The first-order valence-electron chi connectivity index (χ1n) is 9.25. The molecule has 1 amide bonds. The van der Waals surface area contributed by atoms with Crippen molar-refractivity contribution in [3.63, 3.8) is 0 Å². The molecule has 28 heavy (non-hydrogen) atoms. The van der Waals surface area contributed by atoms with Crippen LogP contribution in [0, 0.1) is 0 Å². The molecule has 1 aromatic heterocycles. The molecule has 0 spiro atoms. The Morgan fingerprint density at radius 2 is 1.86 bits per heavy atom. The van der Waals surface area contributed by atoms with Crippen molar-refractivity contribution in [3.05, 3.63) is 71.9 Å². The van der Waals surface area contributed by atoms with E-state index in [4.69, 9.17) is 9.47 Å². The molecule has 1 aliphatic heterocycles. The van der Waals surface area contributed by atoms with Gasteiger partial charge in [-0.25, -0.2) is 4.98 Å². The van der Waals surface area contributed by atoms with Crippen LogP contribution in [0.5, 0.6) is 11.5 Å². The normalized spacial score (nSPS) is 12.3. The third-order valence-corrected chi connectivity index (χ3v) is 4.48. The zero-order valence-electron chi connectivity index (χ0n) is 15.6. The maximum atomic E-state index is 12.7. The number of fused-ring (bicyclic) bond motifs is 1. The van der Waals surface area contributed by atoms with Gasteiger partial charge in [0.05, 0.1) is 0 Å². The summed E-state index contributed by atoms with van der Waals surface area (Å²) >= 11 is 0. The molecule has 1 aliphatic rings. The van der Waals surface area contributed by atoms with E-state index in [0.717, 1.165) is 29.1 Å². The number of hydrogen-bond donors (Lipinski definition) is 2. The minimum Gasteiger partial charge on any atom is -0.486 e. The zero-order valence-corrected chi connectivity index (χ0v) is 15.6. The number of carbonyl (C=O) groups is 1. The summed E-state index contributed by atoms with van der Waals surface area (Å²) in [6, 6.07) is 16.8. The van der Waals surface area contributed by atoms with Crippen molar-refractivity contribution in [3.8, 4) is 11.5 Å². The maximum Gasteiger partial charge on any atom is 0.255 e. The highest BCUT2D eigenvalue weighted by Crippen LogP contribution is 2.33. The topological polar surface area (TPSA) is 72.5 Å². The summed E-state index contributed by atoms with van der Waals surface area (Å²) in [5, 5.41) is 6.19. The zero-order chi connectivity index (χ0) is 19.3. The molecular weight excluding hydrogens is 354 g/mol. The van der Waals surface area contributed by atoms with Crippen LogP contribution >= 0.6 is 0 Å². The molecule has 2 aromatic carbocycles. The van der Waals surface area contributed by atoms with E-state index < -0.39 is 0 Å². The van der Waals surface area contributed by atoms with Crippen LogP contribution < -0.4 is 20.1 Å². The Labute approximate surface area is 163 Å². The third-order valence-electron chi connectivity index (χ3n) is 4.48. The Morgan fingerprint density at radius 1 is 1.04 bits per heavy atom. The van der Waals surface area contributed by atoms with Gasteiger partial charge in [-0.15, -0.1) is 0 Å². The van der Waals surface area contributed by atoms with Crippen molar-refractivity contribution in [1.29, 1.82) is 0 Å². The molecular formula is C22H21N3O3. The van der Waals surface area contributed by atoms with Crippen LogP contribution in [0.3, 0.4) is 0 Å². The van der Waals surface area contributed by atoms with E-state index >= 15 is 0 Å². The molecule has 2 N–H and O–H groups in total. The number of para-hydroxylation sites is 1. The Kier molecular flexibility index (Phi) is 5.10. The average molecular weight is 375 g/mol. The predicted octanol–water partition coefficient (Wildman–Crippen LogP) is 4.41. The average Bonchev–Trinajstić information content (AvgIpc) is 2.74. The smallest absolute Gasteiger partial charge is 0.255 e. The van der Waals surface area contributed by atoms with E-state index in [2.05, 4.69) is 22.5 Å². The lowest BCUT2D eigenvalue weighted by molar-refractivity contribution is 0.102. The first kappa shape index (κ1) is 17.9. The Balaban J connectivity index is 1.50. The fraction of sp³-hybridized carbons (Fsp3) is 0.182. The van der Waals surface area contributed by atoms with E-state index in [1.807, 2.05) is 42.5 Å². The van der Waals surface area contributed by atoms with Crippen molar-refractivity contribution < 1.29 is 14.3 Å². The maximum absolute atomic E-state index is 12.7. The lowest BCUT2D eigenvalue weighted by atomic mass is 10.1. The van der Waals surface area contributed by atoms with Crippen LogP contribution in [0.4, 0.5) is 17.2 Å². The largest absolute Gasteiger partial charge is 0.486 e. The van der Waals surface area contributed by atoms with Gasteiger partial charge in [-0.1, -0.05) is 25.1 Å². The van der Waals surface area contributed by atoms with E-state index in [1.54, 1.807) is 18.3 Å². The summed E-state index contributed by atoms with van der Waals surface area (Å²) in [6.07, 6.45) is 2.46. The number of ether oxygens (including phenoxy) is 2. The summed E-state index contributed by atoms with van der Waals surface area (Å²) in [5.74, 6) is 1.83. The number of amides is 1. The highest BCUT2D eigenvalue weighted by Gasteiger charge is 2.13. The highest BCUT2D eigenvalue weighted by atomic mass is 16.6. The number of carbonyl (C=O) groups excluding carboxylic acids is 1. The number of aromatic nitrogens is 1. The first-order chi connectivity index (χ1) is 13.7. The lowest BCUT2D eigenvalue weighted by Gasteiger charge is -2.19. The van der Waals surface area contributed by atoms with E-state index in [9.17, 15) is 4.79 Å². The molecule has 0 saturated carbocycles. The first-order valence-corrected chi connectivity index (χ1v) is 9.25. The summed E-state index contributed by atoms with van der Waals surface area (Å²) in [5.41, 5.74) is 3.26. The third kappa shape index (κ3) is 3.91. The van der Waals surface area contributed by atoms with Gasteiger partial charge in [-0.05, 0) is 42.3 Å². The minimum absolute atomic E-state index is 0.173. The number of nitrogens with one attached hydrogen (secondary N) is 2. The van der Waals surface area contributed by atoms with Crippen LogP contribution in [0.2, 0.25) is 0 Å². The predicted molar refractivity (Wildman–Crippen MR) is 109 cm³/mol. The van der Waals surface area contributed by atoms with Crippen LogP contribution in [0.1, 0.15) is 22.8 Å². The van der Waals surface area contributed by atoms with Gasteiger partial charge in [-0.3, -0.25) is 4.79 Å². The summed E-state index contributed by atoms with van der Waals surface area (Å²) in [7, 11) is 0. The molecule has 142 valence electrons. The molecule has 4 rings (SSSR count). The number of nitrogens with zero attached hydrogens (tertiary/aromatic N) is 1. The number of anilines is 3. The van der Waals surface area contributed by atoms with Gasteiger partial charge in [0.25, 0.3) is 5.91 Å². The summed E-state index contributed by atoms with van der Waals surface area (Å²) in [4.78, 5) is 17.0. The number of benzene rings is 2. The van der Waals surface area contributed by atoms with Crippen LogP contribution in [0.15, 0.2) is 60.8 Å². The van der Waals surface area contributed by atoms with Crippen molar-refractivity contribution in [2.45, 2.75) is 13.3 Å². The number of aryl methyl sites for hydroxylation is 1. The molecule has 6 heteroatoms.